The van der Waals surface area contributed by atoms with Crippen LogP contribution < -0.4 is 16.8 Å². The summed E-state index contributed by atoms with van der Waals surface area (Å²) in [6.45, 7) is 1.89. The van der Waals surface area contributed by atoms with E-state index in [0.29, 0.717) is 0 Å². The number of aryl methyl sites for hydroxylation is 1. The third-order valence-corrected chi connectivity index (χ3v) is 3.79. The van der Waals surface area contributed by atoms with Crippen LogP contribution in [-0.2, 0) is 9.59 Å². The van der Waals surface area contributed by atoms with E-state index in [9.17, 15) is 9.59 Å². The van der Waals surface area contributed by atoms with Gasteiger partial charge in [0, 0.05) is 12.1 Å². The first-order valence-corrected chi connectivity index (χ1v) is 7.08. The fraction of sp³-hybridized carbons (Fsp3) is 0.231. The third-order valence-electron chi connectivity index (χ3n) is 2.74. The standard InChI is InChI=1S/C13H15N5O2S/c1-7-4-2-3-5-8(7)16-10(19)6-9-11(20)17-13(21-9)18-12(14)15/h2-5,9H,6H2,1H3,(H,16,19)(H4,14,15,17,18,20)/t9-/m1/s1. The van der Waals surface area contributed by atoms with E-state index in [0.717, 1.165) is 23.0 Å². The maximum absolute atomic E-state index is 12.0. The summed E-state index contributed by atoms with van der Waals surface area (Å²) in [5.41, 5.74) is 12.1. The van der Waals surface area contributed by atoms with Gasteiger partial charge in [-0.2, -0.15) is 9.98 Å². The summed E-state index contributed by atoms with van der Waals surface area (Å²) in [6, 6.07) is 7.41. The zero-order chi connectivity index (χ0) is 15.4. The number of carbonyl (C=O) groups excluding carboxylic acids is 2. The Morgan fingerprint density at radius 1 is 1.43 bits per heavy atom. The van der Waals surface area contributed by atoms with E-state index in [-0.39, 0.29) is 23.5 Å². The molecule has 0 aliphatic carbocycles. The second-order valence-electron chi connectivity index (χ2n) is 4.44. The molecule has 1 atom stereocenters. The number of benzene rings is 1. The highest BCUT2D eigenvalue weighted by atomic mass is 32.2. The number of para-hydroxylation sites is 1. The number of hydrogen-bond acceptors (Lipinski definition) is 4. The van der Waals surface area contributed by atoms with Gasteiger partial charge in [-0.3, -0.25) is 9.59 Å². The number of nitrogens with one attached hydrogen (secondary N) is 1. The Hall–Kier alpha value is -2.35. The van der Waals surface area contributed by atoms with E-state index in [1.807, 2.05) is 25.1 Å². The molecule has 7 nitrogen and oxygen atoms in total. The lowest BCUT2D eigenvalue weighted by Crippen LogP contribution is -2.23. The van der Waals surface area contributed by atoms with Gasteiger partial charge in [0.25, 0.3) is 5.91 Å². The van der Waals surface area contributed by atoms with Crippen LogP contribution in [0.15, 0.2) is 34.3 Å². The largest absolute Gasteiger partial charge is 0.370 e. The van der Waals surface area contributed by atoms with Gasteiger partial charge in [-0.15, -0.1) is 0 Å². The molecule has 0 radical (unpaired) electrons. The van der Waals surface area contributed by atoms with E-state index >= 15 is 0 Å². The summed E-state index contributed by atoms with van der Waals surface area (Å²) in [5.74, 6) is -0.824. The number of amidine groups is 1. The Bertz CT molecular complexity index is 637. The number of nitrogens with two attached hydrogens (primary N) is 2. The minimum absolute atomic E-state index is 0.0187. The lowest BCUT2D eigenvalue weighted by Gasteiger charge is -2.09. The average molecular weight is 305 g/mol. The number of rotatable bonds is 3. The number of nitrogens with zero attached hydrogens (tertiary/aromatic N) is 2. The van der Waals surface area contributed by atoms with Crippen molar-refractivity contribution >= 4 is 40.4 Å². The highest BCUT2D eigenvalue weighted by Crippen LogP contribution is 2.26. The normalized spacial score (nSPS) is 17.3. The van der Waals surface area contributed by atoms with Crippen molar-refractivity contribution in [3.8, 4) is 0 Å². The SMILES string of the molecule is Cc1ccccc1NC(=O)C[C@H]1SC(N=C(N)N)=NC1=O. The molecule has 0 fully saturated rings. The molecule has 1 aromatic carbocycles. The number of anilines is 1. The van der Waals surface area contributed by atoms with Crippen molar-refractivity contribution in [2.24, 2.45) is 21.5 Å². The van der Waals surface area contributed by atoms with Crippen LogP contribution in [0, 0.1) is 6.92 Å². The monoisotopic (exact) mass is 305 g/mol. The first-order valence-electron chi connectivity index (χ1n) is 6.20. The van der Waals surface area contributed by atoms with E-state index in [4.69, 9.17) is 11.5 Å². The van der Waals surface area contributed by atoms with Crippen LogP contribution in [0.3, 0.4) is 0 Å². The van der Waals surface area contributed by atoms with Crippen LogP contribution in [-0.4, -0.2) is 28.2 Å². The van der Waals surface area contributed by atoms with Crippen molar-refractivity contribution in [3.05, 3.63) is 29.8 Å². The predicted molar refractivity (Wildman–Crippen MR) is 84.1 cm³/mol. The van der Waals surface area contributed by atoms with Gasteiger partial charge in [-0.05, 0) is 18.6 Å². The smallest absolute Gasteiger partial charge is 0.262 e. The molecule has 110 valence electrons. The maximum Gasteiger partial charge on any atom is 0.262 e. The molecule has 0 saturated carbocycles. The molecular formula is C13H15N5O2S. The van der Waals surface area contributed by atoms with Gasteiger partial charge in [-0.25, -0.2) is 0 Å². The Labute approximate surface area is 125 Å². The van der Waals surface area contributed by atoms with Crippen LogP contribution in [0.4, 0.5) is 5.69 Å². The topological polar surface area (TPSA) is 123 Å². The second kappa shape index (κ2) is 6.40. The van der Waals surface area contributed by atoms with Crippen LogP contribution in [0.2, 0.25) is 0 Å². The molecule has 1 heterocycles. The summed E-state index contributed by atoms with van der Waals surface area (Å²) >= 11 is 1.08. The number of carbonyl (C=O) groups is 2. The summed E-state index contributed by atoms with van der Waals surface area (Å²) in [5, 5.41) is 2.37. The van der Waals surface area contributed by atoms with Gasteiger partial charge in [-0.1, -0.05) is 30.0 Å². The van der Waals surface area contributed by atoms with Crippen molar-refractivity contribution in [2.75, 3.05) is 5.32 Å². The zero-order valence-corrected chi connectivity index (χ0v) is 12.2. The lowest BCUT2D eigenvalue weighted by molar-refractivity contribution is -0.121. The minimum atomic E-state index is -0.591. The Balaban J connectivity index is 1.95. The molecule has 8 heteroatoms. The number of hydrogen-bond donors (Lipinski definition) is 3. The molecule has 0 saturated heterocycles. The van der Waals surface area contributed by atoms with Gasteiger partial charge < -0.3 is 16.8 Å². The molecule has 0 unspecified atom stereocenters. The van der Waals surface area contributed by atoms with Gasteiger partial charge in [0.2, 0.25) is 5.91 Å². The van der Waals surface area contributed by atoms with Gasteiger partial charge in [0.1, 0.15) is 5.25 Å². The fourth-order valence-electron chi connectivity index (χ4n) is 1.74. The average Bonchev–Trinajstić information content (AvgIpc) is 2.71. The van der Waals surface area contributed by atoms with Crippen molar-refractivity contribution in [1.29, 1.82) is 0 Å². The summed E-state index contributed by atoms with van der Waals surface area (Å²) in [7, 11) is 0. The van der Waals surface area contributed by atoms with Gasteiger partial charge in [0.05, 0.1) is 0 Å². The molecule has 1 aromatic rings. The molecule has 1 aliphatic rings. The quantitative estimate of drug-likeness (QED) is 0.557. The van der Waals surface area contributed by atoms with Crippen molar-refractivity contribution < 1.29 is 9.59 Å². The van der Waals surface area contributed by atoms with Crippen LogP contribution >= 0.6 is 11.8 Å². The van der Waals surface area contributed by atoms with Gasteiger partial charge in [0.15, 0.2) is 11.1 Å². The molecule has 2 amide bonds. The molecule has 21 heavy (non-hydrogen) atoms. The zero-order valence-electron chi connectivity index (χ0n) is 11.4. The molecular weight excluding hydrogens is 290 g/mol. The number of aliphatic imine (C=N–C) groups is 2. The Kier molecular flexibility index (Phi) is 4.59. The second-order valence-corrected chi connectivity index (χ2v) is 5.61. The molecule has 0 aromatic heterocycles. The number of amides is 2. The van der Waals surface area contributed by atoms with E-state index in [2.05, 4.69) is 15.3 Å². The van der Waals surface area contributed by atoms with Crippen LogP contribution in [0.1, 0.15) is 12.0 Å². The van der Waals surface area contributed by atoms with E-state index in [1.165, 1.54) is 0 Å². The predicted octanol–water partition coefficient (Wildman–Crippen LogP) is 0.595. The highest BCUT2D eigenvalue weighted by Gasteiger charge is 2.30. The first-order chi connectivity index (χ1) is 9.95. The Morgan fingerprint density at radius 3 is 2.81 bits per heavy atom. The molecule has 0 spiro atoms. The highest BCUT2D eigenvalue weighted by molar-refractivity contribution is 8.15. The summed E-state index contributed by atoms with van der Waals surface area (Å²) < 4.78 is 0. The minimum Gasteiger partial charge on any atom is -0.370 e. The van der Waals surface area contributed by atoms with Crippen molar-refractivity contribution in [3.63, 3.8) is 0 Å². The number of thioether (sulfide) groups is 1. The molecule has 0 bridgehead atoms. The van der Waals surface area contributed by atoms with E-state index < -0.39 is 11.2 Å². The molecule has 2 rings (SSSR count). The van der Waals surface area contributed by atoms with Crippen molar-refractivity contribution in [1.82, 2.24) is 0 Å². The third kappa shape index (κ3) is 4.06. The van der Waals surface area contributed by atoms with Gasteiger partial charge >= 0.3 is 0 Å². The lowest BCUT2D eigenvalue weighted by atomic mass is 10.2. The number of guanidine groups is 1. The van der Waals surface area contributed by atoms with Crippen molar-refractivity contribution in [2.45, 2.75) is 18.6 Å². The maximum atomic E-state index is 12.0. The van der Waals surface area contributed by atoms with E-state index in [1.54, 1.807) is 6.07 Å². The fourth-order valence-corrected chi connectivity index (χ4v) is 2.69. The molecule has 5 N–H and O–H groups in total. The first kappa shape index (κ1) is 15.0. The summed E-state index contributed by atoms with van der Waals surface area (Å²) in [4.78, 5) is 31.1. The Morgan fingerprint density at radius 2 is 2.14 bits per heavy atom. The van der Waals surface area contributed by atoms with Crippen LogP contribution in [0.25, 0.3) is 0 Å². The van der Waals surface area contributed by atoms with Crippen LogP contribution in [0.5, 0.6) is 0 Å². The molecule has 1 aliphatic heterocycles. The summed E-state index contributed by atoms with van der Waals surface area (Å²) in [6.07, 6.45) is 0.0187.